The van der Waals surface area contributed by atoms with Gasteiger partial charge in [-0.05, 0) is 29.1 Å². The number of nitrogens with zero attached hydrogens (tertiary/aromatic N) is 2. The number of anilines is 2. The zero-order valence-electron chi connectivity index (χ0n) is 8.88. The Morgan fingerprint density at radius 3 is 2.93 bits per heavy atom. The van der Waals surface area contributed by atoms with Gasteiger partial charge in [0.15, 0.2) is 0 Å². The van der Waals surface area contributed by atoms with Crippen molar-refractivity contribution in [2.45, 2.75) is 6.92 Å². The van der Waals surface area contributed by atoms with Crippen LogP contribution < -0.4 is 10.6 Å². The van der Waals surface area contributed by atoms with E-state index in [1.807, 2.05) is 6.92 Å². The van der Waals surface area contributed by atoms with Crippen molar-refractivity contribution in [3.8, 4) is 0 Å². The molecule has 15 heavy (non-hydrogen) atoms. The van der Waals surface area contributed by atoms with Crippen molar-refractivity contribution in [3.05, 3.63) is 10.7 Å². The van der Waals surface area contributed by atoms with Crippen LogP contribution >= 0.6 is 27.7 Å². The lowest BCUT2D eigenvalue weighted by Crippen LogP contribution is -2.09. The molecule has 0 aliphatic rings. The minimum Gasteiger partial charge on any atom is -0.368 e. The van der Waals surface area contributed by atoms with E-state index in [0.717, 1.165) is 29.1 Å². The Balaban J connectivity index is 2.63. The van der Waals surface area contributed by atoms with Crippen LogP contribution in [0.3, 0.4) is 0 Å². The van der Waals surface area contributed by atoms with Gasteiger partial charge in [0.05, 0.1) is 4.47 Å². The van der Waals surface area contributed by atoms with Gasteiger partial charge in [0, 0.05) is 25.0 Å². The molecule has 0 aliphatic heterocycles. The fourth-order valence-corrected chi connectivity index (χ4v) is 1.64. The fourth-order valence-electron chi connectivity index (χ4n) is 1.01. The summed E-state index contributed by atoms with van der Waals surface area (Å²) in [4.78, 5) is 8.49. The number of thioether (sulfide) groups is 1. The molecule has 1 aromatic rings. The standard InChI is InChI=1S/C9H15BrN4S/c1-3-11-9-13-6-7(10)8(14-9)12-4-5-15-2/h6H,3-5H2,1-2H3,(H2,11,12,13,14). The molecule has 4 nitrogen and oxygen atoms in total. The SMILES string of the molecule is CCNc1ncc(Br)c(NCCSC)n1. The third-order valence-electron chi connectivity index (χ3n) is 1.68. The molecule has 0 unspecified atom stereocenters. The van der Waals surface area contributed by atoms with Crippen molar-refractivity contribution in [1.29, 1.82) is 0 Å². The van der Waals surface area contributed by atoms with E-state index in [9.17, 15) is 0 Å². The van der Waals surface area contributed by atoms with Gasteiger partial charge in [0.1, 0.15) is 5.82 Å². The average Bonchev–Trinajstić information content (AvgIpc) is 2.23. The Kier molecular flexibility index (Phi) is 5.78. The number of hydrogen-bond donors (Lipinski definition) is 2. The zero-order chi connectivity index (χ0) is 11.1. The number of halogens is 1. The molecule has 0 atom stereocenters. The van der Waals surface area contributed by atoms with E-state index in [0.29, 0.717) is 5.95 Å². The molecule has 0 bridgehead atoms. The first kappa shape index (κ1) is 12.6. The molecule has 6 heteroatoms. The number of hydrogen-bond acceptors (Lipinski definition) is 5. The van der Waals surface area contributed by atoms with Crippen LogP contribution in [0.5, 0.6) is 0 Å². The van der Waals surface area contributed by atoms with Gasteiger partial charge in [-0.2, -0.15) is 16.7 Å². The molecule has 84 valence electrons. The molecule has 2 N–H and O–H groups in total. The Hall–Kier alpha value is -0.490. The van der Waals surface area contributed by atoms with Gasteiger partial charge in [-0.3, -0.25) is 0 Å². The van der Waals surface area contributed by atoms with Gasteiger partial charge < -0.3 is 10.6 Å². The molecular formula is C9H15BrN4S. The van der Waals surface area contributed by atoms with Crippen molar-refractivity contribution in [2.24, 2.45) is 0 Å². The summed E-state index contributed by atoms with van der Waals surface area (Å²) >= 11 is 5.22. The van der Waals surface area contributed by atoms with E-state index < -0.39 is 0 Å². The number of aromatic nitrogens is 2. The highest BCUT2D eigenvalue weighted by molar-refractivity contribution is 9.10. The minimum atomic E-state index is 0.660. The summed E-state index contributed by atoms with van der Waals surface area (Å²) in [6.45, 7) is 3.75. The van der Waals surface area contributed by atoms with Crippen molar-refractivity contribution < 1.29 is 0 Å². The van der Waals surface area contributed by atoms with Crippen molar-refractivity contribution in [3.63, 3.8) is 0 Å². The molecular weight excluding hydrogens is 276 g/mol. The van der Waals surface area contributed by atoms with Crippen LogP contribution in [-0.2, 0) is 0 Å². The molecule has 0 fully saturated rings. The molecule has 0 saturated carbocycles. The van der Waals surface area contributed by atoms with Crippen molar-refractivity contribution in [2.75, 3.05) is 35.7 Å². The van der Waals surface area contributed by atoms with E-state index in [1.54, 1.807) is 18.0 Å². The van der Waals surface area contributed by atoms with Crippen LogP contribution in [0.15, 0.2) is 10.7 Å². The fraction of sp³-hybridized carbons (Fsp3) is 0.556. The predicted molar refractivity (Wildman–Crippen MR) is 70.8 cm³/mol. The van der Waals surface area contributed by atoms with Gasteiger partial charge >= 0.3 is 0 Å². The Bertz CT molecular complexity index is 308. The smallest absolute Gasteiger partial charge is 0.224 e. The molecule has 0 radical (unpaired) electrons. The molecule has 1 heterocycles. The maximum Gasteiger partial charge on any atom is 0.224 e. The summed E-state index contributed by atoms with van der Waals surface area (Å²) in [6.07, 6.45) is 3.84. The lowest BCUT2D eigenvalue weighted by atomic mass is 10.5. The largest absolute Gasteiger partial charge is 0.368 e. The summed E-state index contributed by atoms with van der Waals surface area (Å²) < 4.78 is 0.894. The van der Waals surface area contributed by atoms with Crippen molar-refractivity contribution >= 4 is 39.5 Å². The third-order valence-corrected chi connectivity index (χ3v) is 2.87. The maximum absolute atomic E-state index is 4.34. The summed E-state index contributed by atoms with van der Waals surface area (Å²) in [7, 11) is 0. The summed E-state index contributed by atoms with van der Waals surface area (Å²) in [5.41, 5.74) is 0. The highest BCUT2D eigenvalue weighted by atomic mass is 79.9. The van der Waals surface area contributed by atoms with Crippen LogP contribution in [0.1, 0.15) is 6.92 Å². The molecule has 0 saturated heterocycles. The first-order chi connectivity index (χ1) is 7.27. The molecule has 1 rings (SSSR count). The van der Waals surface area contributed by atoms with Gasteiger partial charge in [-0.15, -0.1) is 0 Å². The Morgan fingerprint density at radius 1 is 1.47 bits per heavy atom. The number of nitrogens with one attached hydrogen (secondary N) is 2. The van der Waals surface area contributed by atoms with E-state index in [1.165, 1.54) is 0 Å². The van der Waals surface area contributed by atoms with E-state index >= 15 is 0 Å². The topological polar surface area (TPSA) is 49.8 Å². The highest BCUT2D eigenvalue weighted by Gasteiger charge is 2.03. The number of rotatable bonds is 6. The predicted octanol–water partition coefficient (Wildman–Crippen LogP) is 2.45. The van der Waals surface area contributed by atoms with Crippen LogP contribution in [0.25, 0.3) is 0 Å². The van der Waals surface area contributed by atoms with Gasteiger partial charge in [0.2, 0.25) is 5.95 Å². The molecule has 0 amide bonds. The third kappa shape index (κ3) is 4.25. The van der Waals surface area contributed by atoms with Crippen LogP contribution in [0.4, 0.5) is 11.8 Å². The van der Waals surface area contributed by atoms with Crippen LogP contribution in [-0.4, -0.2) is 35.1 Å². The zero-order valence-corrected chi connectivity index (χ0v) is 11.3. The van der Waals surface area contributed by atoms with Gasteiger partial charge in [-0.25, -0.2) is 4.98 Å². The quantitative estimate of drug-likeness (QED) is 0.788. The second kappa shape index (κ2) is 6.90. The molecule has 0 spiro atoms. The van der Waals surface area contributed by atoms with Crippen molar-refractivity contribution in [1.82, 2.24) is 9.97 Å². The molecule has 0 aliphatic carbocycles. The van der Waals surface area contributed by atoms with Crippen LogP contribution in [0, 0.1) is 0 Å². The molecule has 1 aromatic heterocycles. The lowest BCUT2D eigenvalue weighted by molar-refractivity contribution is 1.06. The summed E-state index contributed by atoms with van der Waals surface area (Å²) in [5.74, 6) is 2.56. The van der Waals surface area contributed by atoms with Gasteiger partial charge in [-0.1, -0.05) is 0 Å². The lowest BCUT2D eigenvalue weighted by Gasteiger charge is -2.08. The maximum atomic E-state index is 4.34. The monoisotopic (exact) mass is 290 g/mol. The summed E-state index contributed by atoms with van der Waals surface area (Å²) in [6, 6.07) is 0. The minimum absolute atomic E-state index is 0.660. The normalized spacial score (nSPS) is 10.1. The van der Waals surface area contributed by atoms with E-state index in [-0.39, 0.29) is 0 Å². The second-order valence-corrected chi connectivity index (χ2v) is 4.68. The average molecular weight is 291 g/mol. The first-order valence-corrected chi connectivity index (χ1v) is 6.95. The van der Waals surface area contributed by atoms with Gasteiger partial charge in [0.25, 0.3) is 0 Å². The summed E-state index contributed by atoms with van der Waals surface area (Å²) in [5, 5.41) is 6.33. The van der Waals surface area contributed by atoms with E-state index in [2.05, 4.69) is 42.8 Å². The molecule has 0 aromatic carbocycles. The first-order valence-electron chi connectivity index (χ1n) is 4.77. The Morgan fingerprint density at radius 2 is 2.27 bits per heavy atom. The Labute approximate surface area is 103 Å². The second-order valence-electron chi connectivity index (χ2n) is 2.84. The highest BCUT2D eigenvalue weighted by Crippen LogP contribution is 2.19. The van der Waals surface area contributed by atoms with Crippen LogP contribution in [0.2, 0.25) is 0 Å². The van der Waals surface area contributed by atoms with E-state index in [4.69, 9.17) is 0 Å².